The molecule has 1 fully saturated rings. The Kier molecular flexibility index (Phi) is 11.1. The van der Waals surface area contributed by atoms with Crippen LogP contribution in [0, 0.1) is 0 Å². The molecule has 14 heteroatoms. The summed E-state index contributed by atoms with van der Waals surface area (Å²) in [6.07, 6.45) is 5.06. The fourth-order valence-corrected chi connectivity index (χ4v) is 3.71. The number of carbonyl (C=O) groups excluding carboxylic acids is 4. The maximum atomic E-state index is 13.0. The summed E-state index contributed by atoms with van der Waals surface area (Å²) >= 11 is 0. The number of nitrogens with two attached hydrogens (primary N) is 2. The molecule has 1 aliphatic rings. The molecule has 0 aromatic carbocycles. The Hall–Kier alpha value is -3.52. The Morgan fingerprint density at radius 1 is 1.09 bits per heavy atom. The zero-order valence-electron chi connectivity index (χ0n) is 19.4. The van der Waals surface area contributed by atoms with Crippen molar-refractivity contribution in [2.75, 3.05) is 13.1 Å². The molecule has 0 spiro atoms. The van der Waals surface area contributed by atoms with Crippen LogP contribution in [-0.2, 0) is 30.4 Å². The third kappa shape index (κ3) is 9.33. The number of rotatable bonds is 15. The molecule has 0 aliphatic carbocycles. The van der Waals surface area contributed by atoms with Gasteiger partial charge in [-0.25, -0.2) is 9.78 Å². The smallest absolute Gasteiger partial charge is 0.326 e. The largest absolute Gasteiger partial charge is 0.480 e. The highest BCUT2D eigenvalue weighted by Gasteiger charge is 2.32. The van der Waals surface area contributed by atoms with Gasteiger partial charge in [-0.15, -0.1) is 0 Å². The molecule has 35 heavy (non-hydrogen) atoms. The first kappa shape index (κ1) is 27.7. The first-order valence-corrected chi connectivity index (χ1v) is 11.5. The average Bonchev–Trinajstić information content (AvgIpc) is 3.51. The number of carbonyl (C=O) groups is 5. The van der Waals surface area contributed by atoms with Gasteiger partial charge < -0.3 is 42.8 Å². The molecule has 0 radical (unpaired) electrons. The lowest BCUT2D eigenvalue weighted by Crippen LogP contribution is -2.57. The van der Waals surface area contributed by atoms with Gasteiger partial charge in [0.2, 0.25) is 23.6 Å². The van der Waals surface area contributed by atoms with Gasteiger partial charge in [-0.3, -0.25) is 19.2 Å². The first-order chi connectivity index (χ1) is 16.7. The Labute approximate surface area is 202 Å². The van der Waals surface area contributed by atoms with Crippen molar-refractivity contribution < 1.29 is 29.1 Å². The Balaban J connectivity index is 2.09. The minimum atomic E-state index is -1.43. The van der Waals surface area contributed by atoms with E-state index < -0.39 is 54.3 Å². The van der Waals surface area contributed by atoms with Gasteiger partial charge in [0, 0.05) is 18.3 Å². The van der Waals surface area contributed by atoms with E-state index in [1.54, 1.807) is 0 Å². The highest BCUT2D eigenvalue weighted by atomic mass is 16.4. The second-order valence-electron chi connectivity index (χ2n) is 8.41. The first-order valence-electron chi connectivity index (χ1n) is 11.5. The predicted octanol–water partition coefficient (Wildman–Crippen LogP) is -2.75. The third-order valence-corrected chi connectivity index (χ3v) is 5.59. The van der Waals surface area contributed by atoms with E-state index in [1.165, 1.54) is 12.5 Å². The van der Waals surface area contributed by atoms with Crippen LogP contribution in [0.15, 0.2) is 12.5 Å². The van der Waals surface area contributed by atoms with Gasteiger partial charge in [0.25, 0.3) is 0 Å². The molecule has 1 aromatic heterocycles. The molecule has 1 saturated heterocycles. The molecule has 4 amide bonds. The lowest BCUT2D eigenvalue weighted by atomic mass is 10.1. The Morgan fingerprint density at radius 3 is 2.37 bits per heavy atom. The summed E-state index contributed by atoms with van der Waals surface area (Å²) < 4.78 is 0. The standard InChI is InChI=1S/C21H34N8O6/c22-6-2-1-4-14(27-18(31)13-5-3-7-25-13)19(32)28-15(9-17(23)30)20(33)29-16(21(34)35)8-12-10-24-11-26-12/h10-11,13-16,25H,1-9,22H2,(H2,23,30)(H,24,26)(H,27,31)(H,28,32)(H,29,33)(H,34,35). The summed E-state index contributed by atoms with van der Waals surface area (Å²) in [6.45, 7) is 1.11. The number of nitrogens with one attached hydrogen (secondary N) is 5. The molecule has 2 heterocycles. The molecule has 1 aromatic rings. The van der Waals surface area contributed by atoms with Crippen molar-refractivity contribution in [3.05, 3.63) is 18.2 Å². The summed E-state index contributed by atoms with van der Waals surface area (Å²) in [4.78, 5) is 68.2. The van der Waals surface area contributed by atoms with Crippen LogP contribution in [0.4, 0.5) is 0 Å². The van der Waals surface area contributed by atoms with Gasteiger partial charge in [-0.1, -0.05) is 0 Å². The highest BCUT2D eigenvalue weighted by molar-refractivity contribution is 5.96. The number of unbranched alkanes of at least 4 members (excludes halogenated alkanes) is 1. The number of primary amides is 1. The number of aliphatic carboxylic acids is 1. The van der Waals surface area contributed by atoms with Crippen LogP contribution in [0.25, 0.3) is 0 Å². The molecule has 4 atom stereocenters. The molecular formula is C21H34N8O6. The van der Waals surface area contributed by atoms with E-state index >= 15 is 0 Å². The molecule has 0 saturated carbocycles. The fraction of sp³-hybridized carbons (Fsp3) is 0.619. The molecule has 194 valence electrons. The molecule has 2 rings (SSSR count). The number of H-pyrrole nitrogens is 1. The van der Waals surface area contributed by atoms with E-state index in [0.29, 0.717) is 38.0 Å². The normalized spacial score (nSPS) is 17.7. The lowest BCUT2D eigenvalue weighted by Gasteiger charge is -2.24. The second kappa shape index (κ2) is 14.0. The van der Waals surface area contributed by atoms with Crippen LogP contribution < -0.4 is 32.7 Å². The SMILES string of the molecule is NCCCCC(NC(=O)C1CCCN1)C(=O)NC(CC(N)=O)C(=O)NC(Cc1cnc[nH]1)C(=O)O. The van der Waals surface area contributed by atoms with E-state index in [-0.39, 0.29) is 18.7 Å². The van der Waals surface area contributed by atoms with Crippen molar-refractivity contribution in [1.82, 2.24) is 31.2 Å². The molecule has 14 nitrogen and oxygen atoms in total. The van der Waals surface area contributed by atoms with E-state index in [0.717, 1.165) is 6.42 Å². The van der Waals surface area contributed by atoms with Crippen LogP contribution in [0.2, 0.25) is 0 Å². The van der Waals surface area contributed by atoms with Crippen LogP contribution in [0.1, 0.15) is 44.2 Å². The van der Waals surface area contributed by atoms with E-state index in [4.69, 9.17) is 11.5 Å². The molecule has 1 aliphatic heterocycles. The number of carboxylic acids is 1. The summed E-state index contributed by atoms with van der Waals surface area (Å²) in [5.74, 6) is -4.10. The Morgan fingerprint density at radius 2 is 1.80 bits per heavy atom. The highest BCUT2D eigenvalue weighted by Crippen LogP contribution is 2.08. The van der Waals surface area contributed by atoms with Gasteiger partial charge in [0.05, 0.1) is 18.8 Å². The lowest BCUT2D eigenvalue weighted by molar-refractivity contribution is -0.142. The minimum absolute atomic E-state index is 0.0928. The molecule has 0 bridgehead atoms. The van der Waals surface area contributed by atoms with Crippen molar-refractivity contribution in [2.45, 2.75) is 69.1 Å². The van der Waals surface area contributed by atoms with Crippen LogP contribution in [0.5, 0.6) is 0 Å². The maximum absolute atomic E-state index is 13.0. The summed E-state index contributed by atoms with van der Waals surface area (Å²) in [5.41, 5.74) is 11.3. The van der Waals surface area contributed by atoms with Crippen molar-refractivity contribution >= 4 is 29.6 Å². The minimum Gasteiger partial charge on any atom is -0.480 e. The monoisotopic (exact) mass is 494 g/mol. The number of nitrogens with zero attached hydrogens (tertiary/aromatic N) is 1. The third-order valence-electron chi connectivity index (χ3n) is 5.59. The number of imidazole rings is 1. The van der Waals surface area contributed by atoms with Crippen LogP contribution >= 0.6 is 0 Å². The quantitative estimate of drug-likeness (QED) is 0.118. The van der Waals surface area contributed by atoms with Crippen LogP contribution in [0.3, 0.4) is 0 Å². The number of amides is 4. The number of aromatic nitrogens is 2. The zero-order valence-corrected chi connectivity index (χ0v) is 19.4. The van der Waals surface area contributed by atoms with Gasteiger partial charge in [-0.2, -0.15) is 0 Å². The number of carboxylic acid groups (broad SMARTS) is 1. The van der Waals surface area contributed by atoms with Gasteiger partial charge >= 0.3 is 5.97 Å². The summed E-state index contributed by atoms with van der Waals surface area (Å²) in [6, 6.07) is -4.16. The zero-order chi connectivity index (χ0) is 25.8. The van der Waals surface area contributed by atoms with Crippen LogP contribution in [-0.4, -0.2) is 81.9 Å². The number of hydrogen-bond acceptors (Lipinski definition) is 8. The van der Waals surface area contributed by atoms with Crippen molar-refractivity contribution in [2.24, 2.45) is 11.5 Å². The van der Waals surface area contributed by atoms with Crippen molar-refractivity contribution in [3.8, 4) is 0 Å². The number of hydrogen-bond donors (Lipinski definition) is 8. The molecular weight excluding hydrogens is 460 g/mol. The topological polar surface area (TPSA) is 234 Å². The maximum Gasteiger partial charge on any atom is 0.326 e. The average molecular weight is 495 g/mol. The van der Waals surface area contributed by atoms with E-state index in [2.05, 4.69) is 31.2 Å². The summed E-state index contributed by atoms with van der Waals surface area (Å²) in [5, 5.41) is 20.0. The van der Waals surface area contributed by atoms with Crippen molar-refractivity contribution in [1.29, 1.82) is 0 Å². The van der Waals surface area contributed by atoms with Crippen molar-refractivity contribution in [3.63, 3.8) is 0 Å². The predicted molar refractivity (Wildman–Crippen MR) is 123 cm³/mol. The number of aromatic amines is 1. The van der Waals surface area contributed by atoms with E-state index in [1.807, 2.05) is 0 Å². The second-order valence-corrected chi connectivity index (χ2v) is 8.41. The van der Waals surface area contributed by atoms with E-state index in [9.17, 15) is 29.1 Å². The van der Waals surface area contributed by atoms with Gasteiger partial charge in [0.1, 0.15) is 18.1 Å². The molecule has 4 unspecified atom stereocenters. The summed E-state index contributed by atoms with van der Waals surface area (Å²) in [7, 11) is 0. The Bertz CT molecular complexity index is 871. The van der Waals surface area contributed by atoms with Gasteiger partial charge in [0.15, 0.2) is 0 Å². The molecule has 10 N–H and O–H groups in total. The fourth-order valence-electron chi connectivity index (χ4n) is 3.71. The van der Waals surface area contributed by atoms with Gasteiger partial charge in [-0.05, 0) is 45.2 Å².